The van der Waals surface area contributed by atoms with E-state index >= 15 is 0 Å². The van der Waals surface area contributed by atoms with Gasteiger partial charge in [-0.1, -0.05) is 5.16 Å². The number of amides is 4. The van der Waals surface area contributed by atoms with Crippen molar-refractivity contribution in [3.63, 3.8) is 0 Å². The first-order valence-corrected chi connectivity index (χ1v) is 11.2. The summed E-state index contributed by atoms with van der Waals surface area (Å²) in [4.78, 5) is 28.5. The van der Waals surface area contributed by atoms with Crippen molar-refractivity contribution in [1.29, 1.82) is 0 Å². The van der Waals surface area contributed by atoms with Gasteiger partial charge in [0.1, 0.15) is 17.3 Å². The number of halogens is 4. The molecule has 0 unspecified atom stereocenters. The minimum Gasteiger partial charge on any atom is -0.406 e. The third kappa shape index (κ3) is 6.34. The molecule has 0 spiro atoms. The van der Waals surface area contributed by atoms with Gasteiger partial charge in [-0.05, 0) is 37.8 Å². The van der Waals surface area contributed by atoms with Crippen LogP contribution in [0, 0.1) is 5.82 Å². The second kappa shape index (κ2) is 10.0. The zero-order valence-corrected chi connectivity index (χ0v) is 18.9. The van der Waals surface area contributed by atoms with Crippen molar-refractivity contribution in [2.24, 2.45) is 0 Å². The predicted molar refractivity (Wildman–Crippen MR) is 115 cm³/mol. The Kier molecular flexibility index (Phi) is 7.03. The van der Waals surface area contributed by atoms with E-state index in [1.165, 1.54) is 6.07 Å². The Bertz CT molecular complexity index is 1070. The highest BCUT2D eigenvalue weighted by Gasteiger charge is 2.39. The first kappa shape index (κ1) is 24.6. The molecule has 1 saturated heterocycles. The first-order valence-electron chi connectivity index (χ1n) is 11.2. The van der Waals surface area contributed by atoms with Crippen LogP contribution in [0.2, 0.25) is 0 Å². The van der Waals surface area contributed by atoms with Gasteiger partial charge < -0.3 is 29.7 Å². The summed E-state index contributed by atoms with van der Waals surface area (Å²) in [6, 6.07) is 3.50. The number of alkyl halides is 3. The molecular formula is C22H25F4N5O4. The average Bonchev–Trinajstić information content (AvgIpc) is 3.51. The molecule has 9 nitrogen and oxygen atoms in total. The van der Waals surface area contributed by atoms with E-state index in [1.54, 1.807) is 16.8 Å². The number of rotatable bonds is 6. The number of nitrogens with zero attached hydrogens (tertiary/aromatic N) is 3. The Balaban J connectivity index is 1.40. The summed E-state index contributed by atoms with van der Waals surface area (Å²) in [7, 11) is 1.57. The van der Waals surface area contributed by atoms with E-state index < -0.39 is 17.9 Å². The van der Waals surface area contributed by atoms with E-state index in [-0.39, 0.29) is 42.0 Å². The van der Waals surface area contributed by atoms with Gasteiger partial charge >= 0.3 is 18.4 Å². The maximum Gasteiger partial charge on any atom is 0.573 e. The fourth-order valence-corrected chi connectivity index (χ4v) is 4.19. The molecule has 4 amide bonds. The van der Waals surface area contributed by atoms with Gasteiger partial charge in [-0.25, -0.2) is 14.0 Å². The van der Waals surface area contributed by atoms with E-state index in [0.29, 0.717) is 24.8 Å². The number of benzene rings is 1. The van der Waals surface area contributed by atoms with Crippen LogP contribution in [0.15, 0.2) is 28.8 Å². The summed E-state index contributed by atoms with van der Waals surface area (Å²) in [5, 5.41) is 9.23. The Hall–Kier alpha value is -3.51. The summed E-state index contributed by atoms with van der Waals surface area (Å²) in [6.07, 6.45) is -1.62. The lowest BCUT2D eigenvalue weighted by Gasteiger charge is -2.39. The molecule has 2 aromatic rings. The SMILES string of the molecule is CNC(=O)N1CCC[C@@H](N(C(=O)NCc2cc(-c3cc(F)cc(OC(F)(F)F)c3)on2)C2CC2)C1. The number of likely N-dealkylation sites (tertiary alicyclic amines) is 1. The minimum absolute atomic E-state index is 0.00133. The molecule has 0 radical (unpaired) electrons. The topological polar surface area (TPSA) is 99.9 Å². The molecule has 1 aromatic carbocycles. The number of nitrogens with one attached hydrogen (secondary N) is 2. The second-order valence-corrected chi connectivity index (χ2v) is 8.50. The molecule has 0 bridgehead atoms. The van der Waals surface area contributed by atoms with Crippen LogP contribution >= 0.6 is 0 Å². The van der Waals surface area contributed by atoms with Crippen molar-refractivity contribution in [1.82, 2.24) is 25.6 Å². The van der Waals surface area contributed by atoms with E-state index in [9.17, 15) is 27.2 Å². The maximum atomic E-state index is 13.8. The number of carbonyl (C=O) groups is 2. The van der Waals surface area contributed by atoms with Crippen LogP contribution < -0.4 is 15.4 Å². The lowest BCUT2D eigenvalue weighted by atomic mass is 10.0. The highest BCUT2D eigenvalue weighted by atomic mass is 19.4. The van der Waals surface area contributed by atoms with Gasteiger partial charge in [-0.3, -0.25) is 0 Å². The second-order valence-electron chi connectivity index (χ2n) is 8.50. The monoisotopic (exact) mass is 499 g/mol. The molecule has 1 aliphatic carbocycles. The minimum atomic E-state index is -4.97. The van der Waals surface area contributed by atoms with Gasteiger partial charge in [0, 0.05) is 43.9 Å². The van der Waals surface area contributed by atoms with E-state index in [0.717, 1.165) is 37.8 Å². The molecule has 1 aromatic heterocycles. The standard InChI is InChI=1S/C22H25F4N5O4/c1-27-20(32)30-6-2-3-17(12-30)31(16-4-5-16)21(33)28-11-15-10-19(35-29-15)13-7-14(23)9-18(8-13)34-22(24,25)26/h7-10,16-17H,2-6,11-12H2,1H3,(H,27,32)(H,28,33)/t17-/m1/s1. The average molecular weight is 499 g/mol. The molecule has 4 rings (SSSR count). The van der Waals surface area contributed by atoms with Crippen LogP contribution in [-0.4, -0.2) is 65.6 Å². The van der Waals surface area contributed by atoms with Gasteiger partial charge in [0.25, 0.3) is 0 Å². The van der Waals surface area contributed by atoms with E-state index in [1.807, 2.05) is 0 Å². The molecule has 1 atom stereocenters. The molecular weight excluding hydrogens is 474 g/mol. The number of piperidine rings is 1. The van der Waals surface area contributed by atoms with Crippen LogP contribution in [0.3, 0.4) is 0 Å². The normalized spacial score (nSPS) is 18.2. The van der Waals surface area contributed by atoms with Crippen LogP contribution in [0.1, 0.15) is 31.4 Å². The Morgan fingerprint density at radius 3 is 2.66 bits per heavy atom. The van der Waals surface area contributed by atoms with Crippen molar-refractivity contribution in [2.75, 3.05) is 20.1 Å². The molecule has 13 heteroatoms. The van der Waals surface area contributed by atoms with Gasteiger partial charge in [0.15, 0.2) is 5.76 Å². The fourth-order valence-electron chi connectivity index (χ4n) is 4.19. The number of ether oxygens (including phenoxy) is 1. The number of aromatic nitrogens is 1. The molecule has 1 aliphatic heterocycles. The van der Waals surface area contributed by atoms with Crippen molar-refractivity contribution in [3.8, 4) is 17.1 Å². The summed E-state index contributed by atoms with van der Waals surface area (Å²) < 4.78 is 60.2. The molecule has 2 aliphatic rings. The lowest BCUT2D eigenvalue weighted by molar-refractivity contribution is -0.274. The third-order valence-corrected chi connectivity index (χ3v) is 5.83. The molecule has 1 saturated carbocycles. The molecule has 2 fully saturated rings. The number of hydrogen-bond donors (Lipinski definition) is 2. The zero-order valence-electron chi connectivity index (χ0n) is 18.9. The Morgan fingerprint density at radius 2 is 1.97 bits per heavy atom. The maximum absolute atomic E-state index is 13.8. The van der Waals surface area contributed by atoms with Crippen molar-refractivity contribution >= 4 is 12.1 Å². The predicted octanol–water partition coefficient (Wildman–Crippen LogP) is 3.86. The highest BCUT2D eigenvalue weighted by Crippen LogP contribution is 2.32. The van der Waals surface area contributed by atoms with Gasteiger partial charge in [0.05, 0.1) is 12.6 Å². The lowest BCUT2D eigenvalue weighted by Crippen LogP contribution is -2.56. The largest absolute Gasteiger partial charge is 0.573 e. The molecule has 35 heavy (non-hydrogen) atoms. The summed E-state index contributed by atoms with van der Waals surface area (Å²) >= 11 is 0. The molecule has 2 heterocycles. The van der Waals surface area contributed by atoms with Crippen LogP contribution in [0.5, 0.6) is 5.75 Å². The number of carbonyl (C=O) groups excluding carboxylic acids is 2. The number of urea groups is 2. The summed E-state index contributed by atoms with van der Waals surface area (Å²) in [5.41, 5.74) is 0.313. The zero-order chi connectivity index (χ0) is 25.2. The van der Waals surface area contributed by atoms with Crippen molar-refractivity contribution in [3.05, 3.63) is 35.8 Å². The van der Waals surface area contributed by atoms with Gasteiger partial charge in [0.2, 0.25) is 0 Å². The van der Waals surface area contributed by atoms with Crippen molar-refractivity contribution < 1.29 is 36.4 Å². The van der Waals surface area contributed by atoms with Crippen molar-refractivity contribution in [2.45, 2.75) is 50.7 Å². The van der Waals surface area contributed by atoms with Crippen LogP contribution in [0.25, 0.3) is 11.3 Å². The number of hydrogen-bond acceptors (Lipinski definition) is 5. The Labute approximate surface area is 198 Å². The molecule has 2 N–H and O–H groups in total. The third-order valence-electron chi connectivity index (χ3n) is 5.83. The first-order chi connectivity index (χ1) is 16.6. The van der Waals surface area contributed by atoms with Crippen LogP contribution in [-0.2, 0) is 6.54 Å². The fraction of sp³-hybridized carbons (Fsp3) is 0.500. The summed E-state index contributed by atoms with van der Waals surface area (Å²) in [6.45, 7) is 1.08. The smallest absolute Gasteiger partial charge is 0.406 e. The Morgan fingerprint density at radius 1 is 1.20 bits per heavy atom. The van der Waals surface area contributed by atoms with Gasteiger partial charge in [-0.15, -0.1) is 13.2 Å². The molecule has 190 valence electrons. The van der Waals surface area contributed by atoms with Gasteiger partial charge in [-0.2, -0.15) is 0 Å². The quantitative estimate of drug-likeness (QED) is 0.588. The van der Waals surface area contributed by atoms with Crippen LogP contribution in [0.4, 0.5) is 27.2 Å². The summed E-state index contributed by atoms with van der Waals surface area (Å²) in [5.74, 6) is -1.64. The van der Waals surface area contributed by atoms with E-state index in [2.05, 4.69) is 20.5 Å². The van der Waals surface area contributed by atoms with E-state index in [4.69, 9.17) is 4.52 Å². The highest BCUT2D eigenvalue weighted by molar-refractivity contribution is 5.76.